The summed E-state index contributed by atoms with van der Waals surface area (Å²) in [6.07, 6.45) is 4.90. The number of methoxy groups -OCH3 is 1. The zero-order valence-electron chi connectivity index (χ0n) is 26.1. The molecule has 3 aromatic heterocycles. The van der Waals surface area contributed by atoms with Gasteiger partial charge in [0.2, 0.25) is 0 Å². The van der Waals surface area contributed by atoms with E-state index in [2.05, 4.69) is 78.8 Å². The van der Waals surface area contributed by atoms with Crippen molar-refractivity contribution in [2.75, 3.05) is 25.7 Å². The van der Waals surface area contributed by atoms with Gasteiger partial charge in [-0.1, -0.05) is 35.9 Å². The fraction of sp³-hybridized carbons (Fsp3) is 0.400. The van der Waals surface area contributed by atoms with Gasteiger partial charge in [0.1, 0.15) is 34.8 Å². The number of hydrogen-bond acceptors (Lipinski definition) is 8. The predicted molar refractivity (Wildman–Crippen MR) is 180 cm³/mol. The molecule has 0 amide bonds. The first kappa shape index (κ1) is 30.1. The molecule has 3 aliphatic rings. The first-order valence-electron chi connectivity index (χ1n) is 15.5. The van der Waals surface area contributed by atoms with Crippen LogP contribution >= 0.6 is 27.5 Å². The molecule has 0 N–H and O–H groups in total. The fourth-order valence-corrected chi connectivity index (χ4v) is 8.49. The average molecular weight is 705 g/mol. The molecular formula is C35H35BrClN5O4. The van der Waals surface area contributed by atoms with Crippen LogP contribution in [0.4, 0.5) is 5.82 Å². The Kier molecular flexibility index (Phi) is 7.30. The number of fused-ring (bicyclic) bond motifs is 4. The molecule has 0 unspecified atom stereocenters. The van der Waals surface area contributed by atoms with Gasteiger partial charge in [0.25, 0.3) is 0 Å². The van der Waals surface area contributed by atoms with E-state index in [0.29, 0.717) is 18.3 Å². The molecule has 5 atom stereocenters. The number of rotatable bonds is 6. The monoisotopic (exact) mass is 703 g/mol. The maximum absolute atomic E-state index is 6.64. The summed E-state index contributed by atoms with van der Waals surface area (Å²) in [6, 6.07) is 18.7. The number of benzene rings is 2. The minimum atomic E-state index is -0.691. The molecule has 0 bridgehead atoms. The van der Waals surface area contributed by atoms with Crippen molar-refractivity contribution in [2.24, 2.45) is 5.41 Å². The highest BCUT2D eigenvalue weighted by molar-refractivity contribution is 9.10. The minimum absolute atomic E-state index is 0.0250. The predicted octanol–water partition coefficient (Wildman–Crippen LogP) is 7.65. The van der Waals surface area contributed by atoms with Crippen molar-refractivity contribution in [1.29, 1.82) is 0 Å². The molecule has 1 aliphatic carbocycles. The second kappa shape index (κ2) is 11.2. The van der Waals surface area contributed by atoms with E-state index in [1.54, 1.807) is 7.11 Å². The zero-order chi connectivity index (χ0) is 31.8. The molecule has 9 nitrogen and oxygen atoms in total. The van der Waals surface area contributed by atoms with Crippen LogP contribution < -0.4 is 9.64 Å². The van der Waals surface area contributed by atoms with Gasteiger partial charge in [-0.2, -0.15) is 0 Å². The largest absolute Gasteiger partial charge is 0.497 e. The molecule has 2 saturated heterocycles. The Morgan fingerprint density at radius 2 is 1.89 bits per heavy atom. The van der Waals surface area contributed by atoms with Gasteiger partial charge in [-0.25, -0.2) is 15.0 Å². The maximum Gasteiger partial charge on any atom is 0.163 e. The summed E-state index contributed by atoms with van der Waals surface area (Å²) in [5.41, 5.74) is 3.82. The molecule has 5 heterocycles. The lowest BCUT2D eigenvalue weighted by Crippen LogP contribution is -2.36. The molecule has 238 valence electrons. The minimum Gasteiger partial charge on any atom is -0.497 e. The van der Waals surface area contributed by atoms with E-state index in [1.165, 1.54) is 11.9 Å². The third kappa shape index (κ3) is 5.06. The van der Waals surface area contributed by atoms with Gasteiger partial charge in [-0.05, 0) is 84.1 Å². The van der Waals surface area contributed by atoms with Crippen LogP contribution in [0.15, 0.2) is 71.6 Å². The van der Waals surface area contributed by atoms with Crippen LogP contribution in [0.2, 0.25) is 5.15 Å². The Morgan fingerprint density at radius 3 is 2.70 bits per heavy atom. The summed E-state index contributed by atoms with van der Waals surface area (Å²) in [5, 5.41) is 2.36. The van der Waals surface area contributed by atoms with Gasteiger partial charge in [0, 0.05) is 30.6 Å². The van der Waals surface area contributed by atoms with Crippen LogP contribution in [0.25, 0.3) is 21.9 Å². The Morgan fingerprint density at radius 1 is 1.07 bits per heavy atom. The van der Waals surface area contributed by atoms with Gasteiger partial charge in [-0.15, -0.1) is 0 Å². The van der Waals surface area contributed by atoms with Crippen molar-refractivity contribution >= 4 is 55.3 Å². The molecule has 8 rings (SSSR count). The molecule has 11 heteroatoms. The van der Waals surface area contributed by atoms with E-state index >= 15 is 0 Å². The Bertz CT molecular complexity index is 1950. The Labute approximate surface area is 280 Å². The van der Waals surface area contributed by atoms with Crippen molar-refractivity contribution < 1.29 is 18.9 Å². The molecule has 2 aliphatic heterocycles. The number of ether oxygens (including phenoxy) is 4. The molecule has 1 saturated carbocycles. The van der Waals surface area contributed by atoms with Crippen LogP contribution in [0, 0.1) is 5.41 Å². The second-order valence-corrected chi connectivity index (χ2v) is 14.4. The summed E-state index contributed by atoms with van der Waals surface area (Å²) in [7, 11) is 3.74. The lowest BCUT2D eigenvalue weighted by atomic mass is 9.80. The molecule has 3 fully saturated rings. The van der Waals surface area contributed by atoms with Crippen molar-refractivity contribution in [2.45, 2.75) is 63.4 Å². The summed E-state index contributed by atoms with van der Waals surface area (Å²) < 4.78 is 28.3. The summed E-state index contributed by atoms with van der Waals surface area (Å²) in [6.45, 7) is 5.29. The molecule has 2 aromatic carbocycles. The summed E-state index contributed by atoms with van der Waals surface area (Å²) >= 11 is 10.2. The highest BCUT2D eigenvalue weighted by atomic mass is 79.9. The fourth-order valence-electron chi connectivity index (χ4n) is 7.66. The van der Waals surface area contributed by atoms with Crippen molar-refractivity contribution in [1.82, 2.24) is 19.5 Å². The normalized spacial score (nSPS) is 26.7. The third-order valence-corrected chi connectivity index (χ3v) is 10.7. The smallest absolute Gasteiger partial charge is 0.163 e. The van der Waals surface area contributed by atoms with Crippen molar-refractivity contribution in [3.8, 4) is 5.75 Å². The van der Waals surface area contributed by atoms with Crippen molar-refractivity contribution in [3.63, 3.8) is 0 Å². The van der Waals surface area contributed by atoms with Gasteiger partial charge < -0.3 is 28.4 Å². The Balaban J connectivity index is 1.07. The summed E-state index contributed by atoms with van der Waals surface area (Å²) in [4.78, 5) is 16.0. The maximum atomic E-state index is 6.64. The van der Waals surface area contributed by atoms with E-state index in [9.17, 15) is 0 Å². The average Bonchev–Trinajstić information content (AvgIpc) is 3.80. The van der Waals surface area contributed by atoms with Crippen LogP contribution in [0.1, 0.15) is 50.0 Å². The Hall–Kier alpha value is -3.28. The highest BCUT2D eigenvalue weighted by Crippen LogP contribution is 2.60. The number of halogens is 2. The quantitative estimate of drug-likeness (QED) is 0.167. The van der Waals surface area contributed by atoms with Gasteiger partial charge >= 0.3 is 0 Å². The lowest BCUT2D eigenvalue weighted by Gasteiger charge is -2.30. The van der Waals surface area contributed by atoms with Crippen LogP contribution in [0.5, 0.6) is 5.75 Å². The van der Waals surface area contributed by atoms with E-state index in [-0.39, 0.29) is 29.8 Å². The number of hydrogen-bond donors (Lipinski definition) is 0. The van der Waals surface area contributed by atoms with E-state index in [0.717, 1.165) is 56.4 Å². The van der Waals surface area contributed by atoms with Crippen LogP contribution in [0.3, 0.4) is 0 Å². The van der Waals surface area contributed by atoms with E-state index < -0.39 is 5.79 Å². The van der Waals surface area contributed by atoms with Gasteiger partial charge in [0.15, 0.2) is 5.79 Å². The van der Waals surface area contributed by atoms with Gasteiger partial charge in [-0.3, -0.25) is 0 Å². The van der Waals surface area contributed by atoms with E-state index in [4.69, 9.17) is 35.5 Å². The highest BCUT2D eigenvalue weighted by Gasteiger charge is 2.64. The molecule has 46 heavy (non-hydrogen) atoms. The van der Waals surface area contributed by atoms with Crippen molar-refractivity contribution in [3.05, 3.63) is 87.9 Å². The standard InChI is InChI=1S/C35H35BrClN5O4/c1-34(2)45-29-27(42-12-11-24-31(37)38-19-39-32(24)42)15-35(30(29)46-34)16-28(44-18-35)22-8-7-21-13-25(36)33(40-26(21)14-22)41(3)17-20-5-9-23(43-4)10-6-20/h5-14,19,27-30H,15-18H2,1-4H3/t27-,28-,29+,30+,35-/m1/s1. The SMILES string of the molecule is COc1ccc(CN(C)c2nc3cc([C@H]4C[C@@]5(CO4)C[C@@H](n4ccc6c(Cl)ncnc64)[C@@H]4OC(C)(C)O[C@@H]45)ccc3cc2Br)cc1. The van der Waals surface area contributed by atoms with Crippen LogP contribution in [-0.2, 0) is 20.8 Å². The summed E-state index contributed by atoms with van der Waals surface area (Å²) in [5.74, 6) is 1.03. The molecule has 1 spiro atoms. The lowest BCUT2D eigenvalue weighted by molar-refractivity contribution is -0.169. The van der Waals surface area contributed by atoms with E-state index in [1.807, 2.05) is 38.2 Å². The number of anilines is 1. The molecule has 0 radical (unpaired) electrons. The second-order valence-electron chi connectivity index (χ2n) is 13.2. The molecule has 5 aromatic rings. The topological polar surface area (TPSA) is 83.8 Å². The number of aromatic nitrogens is 4. The number of nitrogens with zero attached hydrogens (tertiary/aromatic N) is 5. The first-order chi connectivity index (χ1) is 22.1. The van der Waals surface area contributed by atoms with Crippen LogP contribution in [-0.4, -0.2) is 58.3 Å². The molecular weight excluding hydrogens is 670 g/mol. The number of pyridine rings is 1. The zero-order valence-corrected chi connectivity index (χ0v) is 28.5. The first-order valence-corrected chi connectivity index (χ1v) is 16.7. The van der Waals surface area contributed by atoms with Gasteiger partial charge in [0.05, 0.1) is 47.3 Å². The third-order valence-electron chi connectivity index (χ3n) is 9.80.